The predicted octanol–water partition coefficient (Wildman–Crippen LogP) is 2.45. The average molecular weight is 219 g/mol. The van der Waals surface area contributed by atoms with Gasteiger partial charge in [0, 0.05) is 12.6 Å². The van der Waals surface area contributed by atoms with E-state index in [4.69, 9.17) is 0 Å². The van der Waals surface area contributed by atoms with Gasteiger partial charge in [-0.25, -0.2) is 0 Å². The van der Waals surface area contributed by atoms with E-state index in [0.29, 0.717) is 12.0 Å². The van der Waals surface area contributed by atoms with Gasteiger partial charge in [-0.15, -0.1) is 0 Å². The molecule has 2 atom stereocenters. The molecule has 1 fully saturated rings. The monoisotopic (exact) mass is 219 g/mol. The summed E-state index contributed by atoms with van der Waals surface area (Å²) in [6.07, 6.45) is 2.59. The Bertz CT molecular complexity index is 306. The van der Waals surface area contributed by atoms with Crippen LogP contribution in [0.1, 0.15) is 31.4 Å². The normalized spacial score (nSPS) is 20.9. The van der Waals surface area contributed by atoms with Crippen molar-refractivity contribution < 1.29 is 5.11 Å². The van der Waals surface area contributed by atoms with E-state index >= 15 is 0 Å². The molecular formula is C14H21NO. The number of hydrogen-bond donors (Lipinski definition) is 1. The van der Waals surface area contributed by atoms with Gasteiger partial charge in [-0.2, -0.15) is 0 Å². The molecule has 2 heteroatoms. The van der Waals surface area contributed by atoms with E-state index < -0.39 is 0 Å². The summed E-state index contributed by atoms with van der Waals surface area (Å²) in [5.74, 6) is 0.306. The molecule has 0 aromatic heterocycles. The van der Waals surface area contributed by atoms with Crippen LogP contribution in [0.5, 0.6) is 0 Å². The Morgan fingerprint density at radius 3 is 2.38 bits per heavy atom. The molecule has 88 valence electrons. The van der Waals surface area contributed by atoms with Gasteiger partial charge in [0.05, 0.1) is 0 Å². The van der Waals surface area contributed by atoms with Crippen molar-refractivity contribution in [2.75, 3.05) is 19.7 Å². The zero-order valence-corrected chi connectivity index (χ0v) is 9.97. The van der Waals surface area contributed by atoms with Crippen molar-refractivity contribution in [1.29, 1.82) is 0 Å². The summed E-state index contributed by atoms with van der Waals surface area (Å²) in [5, 5.41) is 9.40. The quantitative estimate of drug-likeness (QED) is 0.841. The van der Waals surface area contributed by atoms with Gasteiger partial charge >= 0.3 is 0 Å². The number of nitrogens with zero attached hydrogens (tertiary/aromatic N) is 1. The minimum Gasteiger partial charge on any atom is -0.396 e. The fourth-order valence-corrected chi connectivity index (χ4v) is 2.67. The highest BCUT2D eigenvalue weighted by atomic mass is 16.3. The molecule has 1 saturated heterocycles. The van der Waals surface area contributed by atoms with Crippen LogP contribution in [0.3, 0.4) is 0 Å². The first-order valence-corrected chi connectivity index (χ1v) is 6.23. The second-order valence-corrected chi connectivity index (χ2v) is 4.76. The van der Waals surface area contributed by atoms with E-state index in [1.54, 1.807) is 0 Å². The third-order valence-corrected chi connectivity index (χ3v) is 3.50. The van der Waals surface area contributed by atoms with Gasteiger partial charge in [-0.05, 0) is 37.4 Å². The number of hydrogen-bond acceptors (Lipinski definition) is 2. The second kappa shape index (κ2) is 5.46. The molecule has 2 rings (SSSR count). The van der Waals surface area contributed by atoms with E-state index in [9.17, 15) is 5.11 Å². The lowest BCUT2D eigenvalue weighted by molar-refractivity contribution is 0.126. The Hall–Kier alpha value is -0.860. The molecule has 0 aliphatic carbocycles. The number of benzene rings is 1. The largest absolute Gasteiger partial charge is 0.396 e. The second-order valence-electron chi connectivity index (χ2n) is 4.76. The number of aliphatic hydroxyl groups excluding tert-OH is 1. The first kappa shape index (κ1) is 11.6. The Morgan fingerprint density at radius 1 is 1.19 bits per heavy atom. The smallest absolute Gasteiger partial charge is 0.0474 e. The standard InChI is InChI=1S/C14H21NO/c1-12(11-16)14(15-9-5-6-10-15)13-7-3-2-4-8-13/h2-4,7-8,12,14,16H,5-6,9-11H2,1H3. The Labute approximate surface area is 97.9 Å². The van der Waals surface area contributed by atoms with Crippen LogP contribution in [-0.2, 0) is 0 Å². The summed E-state index contributed by atoms with van der Waals surface area (Å²) in [7, 11) is 0. The maximum Gasteiger partial charge on any atom is 0.0474 e. The van der Waals surface area contributed by atoms with Crippen molar-refractivity contribution in [3.63, 3.8) is 0 Å². The molecule has 1 aromatic rings. The zero-order chi connectivity index (χ0) is 11.4. The highest BCUT2D eigenvalue weighted by Gasteiger charge is 2.27. The lowest BCUT2D eigenvalue weighted by Crippen LogP contribution is -2.31. The third-order valence-electron chi connectivity index (χ3n) is 3.50. The van der Waals surface area contributed by atoms with E-state index in [2.05, 4.69) is 36.1 Å². The van der Waals surface area contributed by atoms with Crippen molar-refractivity contribution >= 4 is 0 Å². The molecule has 1 aromatic carbocycles. The average Bonchev–Trinajstić information content (AvgIpc) is 2.84. The molecule has 16 heavy (non-hydrogen) atoms. The van der Waals surface area contributed by atoms with Crippen molar-refractivity contribution in [3.05, 3.63) is 35.9 Å². The molecule has 0 saturated carbocycles. The molecule has 1 N–H and O–H groups in total. The summed E-state index contributed by atoms with van der Waals surface area (Å²) in [6, 6.07) is 11.0. The summed E-state index contributed by atoms with van der Waals surface area (Å²) < 4.78 is 0. The zero-order valence-electron chi connectivity index (χ0n) is 9.97. The van der Waals surface area contributed by atoms with Crippen LogP contribution in [-0.4, -0.2) is 29.7 Å². The fraction of sp³-hybridized carbons (Fsp3) is 0.571. The summed E-state index contributed by atoms with van der Waals surface area (Å²) in [5.41, 5.74) is 1.34. The lowest BCUT2D eigenvalue weighted by atomic mass is 9.94. The summed E-state index contributed by atoms with van der Waals surface area (Å²) in [4.78, 5) is 2.51. The van der Waals surface area contributed by atoms with Gasteiger partial charge in [0.25, 0.3) is 0 Å². The third kappa shape index (κ3) is 2.45. The predicted molar refractivity (Wildman–Crippen MR) is 66.2 cm³/mol. The van der Waals surface area contributed by atoms with E-state index in [1.165, 1.54) is 31.5 Å². The number of likely N-dealkylation sites (tertiary alicyclic amines) is 1. The molecule has 0 radical (unpaired) electrons. The van der Waals surface area contributed by atoms with Crippen molar-refractivity contribution in [1.82, 2.24) is 4.90 Å². The Morgan fingerprint density at radius 2 is 1.81 bits per heavy atom. The first-order chi connectivity index (χ1) is 7.83. The number of rotatable bonds is 4. The van der Waals surface area contributed by atoms with Crippen LogP contribution in [0.4, 0.5) is 0 Å². The topological polar surface area (TPSA) is 23.5 Å². The molecule has 1 aliphatic heterocycles. The van der Waals surface area contributed by atoms with Gasteiger partial charge in [0.2, 0.25) is 0 Å². The molecule has 0 amide bonds. The van der Waals surface area contributed by atoms with E-state index in [-0.39, 0.29) is 6.61 Å². The molecule has 1 aliphatic rings. The molecule has 0 spiro atoms. The summed E-state index contributed by atoms with van der Waals surface area (Å²) in [6.45, 7) is 4.74. The van der Waals surface area contributed by atoms with Crippen molar-refractivity contribution in [2.24, 2.45) is 5.92 Å². The van der Waals surface area contributed by atoms with Gasteiger partial charge in [0.1, 0.15) is 0 Å². The fourth-order valence-electron chi connectivity index (χ4n) is 2.67. The highest BCUT2D eigenvalue weighted by molar-refractivity contribution is 5.20. The molecule has 1 heterocycles. The number of aliphatic hydroxyl groups is 1. The highest BCUT2D eigenvalue weighted by Crippen LogP contribution is 2.31. The molecule has 2 nitrogen and oxygen atoms in total. The van der Waals surface area contributed by atoms with E-state index in [0.717, 1.165) is 0 Å². The van der Waals surface area contributed by atoms with Gasteiger partial charge in [-0.3, -0.25) is 4.90 Å². The Balaban J connectivity index is 2.20. The van der Waals surface area contributed by atoms with Crippen LogP contribution in [0.25, 0.3) is 0 Å². The SMILES string of the molecule is CC(CO)C(c1ccccc1)N1CCCC1. The van der Waals surface area contributed by atoms with Gasteiger partial charge < -0.3 is 5.11 Å². The van der Waals surface area contributed by atoms with Gasteiger partial charge in [-0.1, -0.05) is 37.3 Å². The molecular weight excluding hydrogens is 198 g/mol. The van der Waals surface area contributed by atoms with Crippen molar-refractivity contribution in [3.8, 4) is 0 Å². The van der Waals surface area contributed by atoms with Crippen LogP contribution in [0.15, 0.2) is 30.3 Å². The van der Waals surface area contributed by atoms with Crippen LogP contribution in [0.2, 0.25) is 0 Å². The van der Waals surface area contributed by atoms with Crippen LogP contribution >= 0.6 is 0 Å². The van der Waals surface area contributed by atoms with Crippen LogP contribution < -0.4 is 0 Å². The first-order valence-electron chi connectivity index (χ1n) is 6.23. The lowest BCUT2D eigenvalue weighted by Gasteiger charge is -2.32. The maximum atomic E-state index is 9.40. The molecule has 2 unspecified atom stereocenters. The Kier molecular flexibility index (Phi) is 3.97. The van der Waals surface area contributed by atoms with Crippen LogP contribution in [0, 0.1) is 5.92 Å². The maximum absolute atomic E-state index is 9.40. The van der Waals surface area contributed by atoms with Crippen molar-refractivity contribution in [2.45, 2.75) is 25.8 Å². The molecule has 0 bridgehead atoms. The van der Waals surface area contributed by atoms with Gasteiger partial charge in [0.15, 0.2) is 0 Å². The van der Waals surface area contributed by atoms with E-state index in [1.807, 2.05) is 6.07 Å². The summed E-state index contributed by atoms with van der Waals surface area (Å²) >= 11 is 0. The minimum absolute atomic E-state index is 0.260. The minimum atomic E-state index is 0.260.